The van der Waals surface area contributed by atoms with Crippen molar-refractivity contribution in [2.75, 3.05) is 13.2 Å². The number of rotatable bonds is 8. The standard InChI is InChI=1S/C32H34N2O4/c1-19-11-30(37)24(15-33-21(3)17-35)13-28(19)26-9-5-7-23-8-6-10-27(32(23)26)29-14-25(16-34-22(4)18-36)31(38)12-20(29)2/h5-16,21-22,35-38H,17-18H2,1-4H3/b33-15+,34-16+/t21-,22?/m0/s1. The van der Waals surface area contributed by atoms with Crippen molar-refractivity contribution in [3.05, 3.63) is 82.9 Å². The van der Waals surface area contributed by atoms with Crippen LogP contribution >= 0.6 is 0 Å². The molecule has 0 heterocycles. The molecular weight excluding hydrogens is 476 g/mol. The molecule has 0 aromatic heterocycles. The first kappa shape index (κ1) is 27.0. The van der Waals surface area contributed by atoms with Crippen LogP contribution in [0.15, 0.2) is 70.6 Å². The molecule has 0 fully saturated rings. The third-order valence-corrected chi connectivity index (χ3v) is 6.70. The van der Waals surface area contributed by atoms with Gasteiger partial charge in [-0.2, -0.15) is 0 Å². The minimum Gasteiger partial charge on any atom is -0.507 e. The highest BCUT2D eigenvalue weighted by Crippen LogP contribution is 2.41. The molecule has 6 heteroatoms. The van der Waals surface area contributed by atoms with E-state index in [4.69, 9.17) is 0 Å². The van der Waals surface area contributed by atoms with E-state index in [1.54, 1.807) is 24.6 Å². The first-order valence-corrected chi connectivity index (χ1v) is 12.7. The number of hydrogen-bond acceptors (Lipinski definition) is 6. The van der Waals surface area contributed by atoms with Crippen LogP contribution in [0.4, 0.5) is 0 Å². The van der Waals surface area contributed by atoms with Crippen molar-refractivity contribution in [1.82, 2.24) is 0 Å². The summed E-state index contributed by atoms with van der Waals surface area (Å²) in [4.78, 5) is 8.69. The largest absolute Gasteiger partial charge is 0.507 e. The number of aryl methyl sites for hydroxylation is 2. The monoisotopic (exact) mass is 510 g/mol. The Morgan fingerprint density at radius 3 is 1.47 bits per heavy atom. The molecule has 4 aromatic carbocycles. The molecule has 4 N–H and O–H groups in total. The predicted octanol–water partition coefficient (Wildman–Crippen LogP) is 5.80. The molecule has 0 aliphatic carbocycles. The average Bonchev–Trinajstić information content (AvgIpc) is 2.91. The molecule has 6 nitrogen and oxygen atoms in total. The van der Waals surface area contributed by atoms with Gasteiger partial charge in [0.05, 0.1) is 25.3 Å². The van der Waals surface area contributed by atoms with Gasteiger partial charge in [-0.3, -0.25) is 9.98 Å². The van der Waals surface area contributed by atoms with E-state index >= 15 is 0 Å². The van der Waals surface area contributed by atoms with Gasteiger partial charge in [-0.05, 0) is 96.1 Å². The number of aliphatic imine (C=N–C) groups is 2. The second-order valence-corrected chi connectivity index (χ2v) is 9.78. The Balaban J connectivity index is 1.95. The lowest BCUT2D eigenvalue weighted by atomic mass is 9.87. The van der Waals surface area contributed by atoms with Crippen molar-refractivity contribution >= 4 is 23.2 Å². The Kier molecular flexibility index (Phi) is 8.25. The number of phenolic OH excluding ortho intramolecular Hbond substituents is 2. The summed E-state index contributed by atoms with van der Waals surface area (Å²) in [6.45, 7) is 7.42. The van der Waals surface area contributed by atoms with Gasteiger partial charge in [0.15, 0.2) is 0 Å². The van der Waals surface area contributed by atoms with Crippen LogP contribution in [0.5, 0.6) is 11.5 Å². The van der Waals surface area contributed by atoms with Crippen LogP contribution in [0.25, 0.3) is 33.0 Å². The van der Waals surface area contributed by atoms with E-state index in [9.17, 15) is 20.4 Å². The Hall–Kier alpha value is -4.00. The van der Waals surface area contributed by atoms with Gasteiger partial charge in [0, 0.05) is 23.6 Å². The quantitative estimate of drug-likeness (QED) is 0.225. The molecule has 0 saturated heterocycles. The van der Waals surface area contributed by atoms with Crippen molar-refractivity contribution < 1.29 is 20.4 Å². The van der Waals surface area contributed by atoms with Crippen molar-refractivity contribution in [2.24, 2.45) is 9.98 Å². The molecule has 0 spiro atoms. The summed E-state index contributed by atoms with van der Waals surface area (Å²) >= 11 is 0. The average molecular weight is 511 g/mol. The van der Waals surface area contributed by atoms with E-state index < -0.39 is 0 Å². The van der Waals surface area contributed by atoms with Gasteiger partial charge >= 0.3 is 0 Å². The summed E-state index contributed by atoms with van der Waals surface area (Å²) < 4.78 is 0. The molecule has 0 radical (unpaired) electrons. The summed E-state index contributed by atoms with van der Waals surface area (Å²) in [6, 6.07) is 19.2. The van der Waals surface area contributed by atoms with Crippen LogP contribution in [0.1, 0.15) is 36.1 Å². The second kappa shape index (κ2) is 11.6. The first-order valence-electron chi connectivity index (χ1n) is 12.7. The van der Waals surface area contributed by atoms with Crippen molar-refractivity contribution in [3.63, 3.8) is 0 Å². The van der Waals surface area contributed by atoms with Crippen LogP contribution in [-0.4, -0.2) is 58.2 Å². The van der Waals surface area contributed by atoms with E-state index in [0.29, 0.717) is 11.1 Å². The lowest BCUT2D eigenvalue weighted by molar-refractivity contribution is 0.274. The zero-order valence-electron chi connectivity index (χ0n) is 22.2. The highest BCUT2D eigenvalue weighted by atomic mass is 16.3. The molecule has 0 bridgehead atoms. The summed E-state index contributed by atoms with van der Waals surface area (Å²) in [6.07, 6.45) is 3.21. The van der Waals surface area contributed by atoms with Crippen LogP contribution in [0.3, 0.4) is 0 Å². The van der Waals surface area contributed by atoms with Crippen LogP contribution in [0, 0.1) is 13.8 Å². The van der Waals surface area contributed by atoms with E-state index in [2.05, 4.69) is 34.3 Å². The van der Waals surface area contributed by atoms with Gasteiger partial charge in [-0.15, -0.1) is 0 Å². The van der Waals surface area contributed by atoms with Gasteiger partial charge in [0.1, 0.15) is 11.5 Å². The lowest BCUT2D eigenvalue weighted by Gasteiger charge is -2.17. The van der Waals surface area contributed by atoms with E-state index in [-0.39, 0.29) is 36.8 Å². The molecular formula is C32H34N2O4. The summed E-state index contributed by atoms with van der Waals surface area (Å²) in [5.41, 5.74) is 6.96. The number of aromatic hydroxyl groups is 2. The number of nitrogens with zero attached hydrogens (tertiary/aromatic N) is 2. The third kappa shape index (κ3) is 5.62. The van der Waals surface area contributed by atoms with Crippen LogP contribution in [0.2, 0.25) is 0 Å². The van der Waals surface area contributed by atoms with E-state index in [1.165, 1.54) is 0 Å². The highest BCUT2D eigenvalue weighted by Gasteiger charge is 2.16. The molecule has 1 unspecified atom stereocenters. The fraction of sp³-hybridized carbons (Fsp3) is 0.250. The first-order chi connectivity index (χ1) is 18.2. The maximum atomic E-state index is 10.6. The summed E-state index contributed by atoms with van der Waals surface area (Å²) in [7, 11) is 0. The Labute approximate surface area is 223 Å². The smallest absolute Gasteiger partial charge is 0.124 e. The highest BCUT2D eigenvalue weighted by molar-refractivity contribution is 6.08. The second-order valence-electron chi connectivity index (χ2n) is 9.78. The number of benzene rings is 4. The van der Waals surface area contributed by atoms with Gasteiger partial charge in [0.25, 0.3) is 0 Å². The van der Waals surface area contributed by atoms with Gasteiger partial charge < -0.3 is 20.4 Å². The minimum absolute atomic E-state index is 0.0692. The molecule has 0 aliphatic rings. The molecule has 0 aliphatic heterocycles. The summed E-state index contributed by atoms with van der Waals surface area (Å²) in [5, 5.41) is 42.0. The minimum atomic E-state index is -0.265. The van der Waals surface area contributed by atoms with Crippen LogP contribution < -0.4 is 0 Å². The maximum Gasteiger partial charge on any atom is 0.124 e. The molecule has 0 amide bonds. The predicted molar refractivity (Wildman–Crippen MR) is 156 cm³/mol. The third-order valence-electron chi connectivity index (χ3n) is 6.70. The molecule has 0 saturated carbocycles. The Morgan fingerprint density at radius 2 is 1.08 bits per heavy atom. The van der Waals surface area contributed by atoms with Crippen molar-refractivity contribution in [3.8, 4) is 33.8 Å². The van der Waals surface area contributed by atoms with Gasteiger partial charge in [-0.1, -0.05) is 36.4 Å². The number of phenols is 2. The molecule has 4 rings (SSSR count). The number of hydrogen-bond donors (Lipinski definition) is 4. The van der Waals surface area contributed by atoms with Crippen molar-refractivity contribution in [2.45, 2.75) is 39.8 Å². The number of aliphatic hydroxyl groups excluding tert-OH is 2. The zero-order valence-corrected chi connectivity index (χ0v) is 22.2. The molecule has 4 aromatic rings. The fourth-order valence-electron chi connectivity index (χ4n) is 4.51. The number of aliphatic hydroxyl groups is 2. The maximum absolute atomic E-state index is 10.6. The molecule has 38 heavy (non-hydrogen) atoms. The van der Waals surface area contributed by atoms with E-state index in [1.807, 2.05) is 52.0 Å². The van der Waals surface area contributed by atoms with Crippen LogP contribution in [-0.2, 0) is 0 Å². The lowest BCUT2D eigenvalue weighted by Crippen LogP contribution is -2.04. The van der Waals surface area contributed by atoms with E-state index in [0.717, 1.165) is 44.2 Å². The number of fused-ring (bicyclic) bond motifs is 1. The molecule has 196 valence electrons. The molecule has 2 atom stereocenters. The topological polar surface area (TPSA) is 106 Å². The van der Waals surface area contributed by atoms with Gasteiger partial charge in [0.2, 0.25) is 0 Å². The Bertz CT molecular complexity index is 1410. The zero-order chi connectivity index (χ0) is 27.4. The van der Waals surface area contributed by atoms with Crippen molar-refractivity contribution in [1.29, 1.82) is 0 Å². The normalized spacial score (nSPS) is 13.5. The van der Waals surface area contributed by atoms with Gasteiger partial charge in [-0.25, -0.2) is 0 Å². The fourth-order valence-corrected chi connectivity index (χ4v) is 4.51. The summed E-state index contributed by atoms with van der Waals surface area (Å²) in [5.74, 6) is 0.270. The Morgan fingerprint density at radius 1 is 0.658 bits per heavy atom. The SMILES string of the molecule is Cc1cc(O)c(/C=N/C(C)CO)cc1-c1cccc2cccc(-c3cc(/C=N/[C@@H](C)CO)c(O)cc3C)c12.